The molecule has 8 nitrogen and oxygen atoms in total. The number of benzene rings is 3. The molecular formula is C26H25N3O5. The number of nitrogens with zero attached hydrogens (tertiary/aromatic N) is 2. The van der Waals surface area contributed by atoms with E-state index in [2.05, 4.69) is 5.32 Å². The van der Waals surface area contributed by atoms with E-state index in [9.17, 15) is 14.4 Å². The van der Waals surface area contributed by atoms with Crippen molar-refractivity contribution in [1.29, 1.82) is 0 Å². The fourth-order valence-electron chi connectivity index (χ4n) is 3.83. The first-order valence-electron chi connectivity index (χ1n) is 10.8. The number of amides is 1. The molecule has 0 saturated heterocycles. The van der Waals surface area contributed by atoms with Crippen molar-refractivity contribution >= 4 is 22.5 Å². The molecule has 4 aromatic rings. The number of nitrogens with one attached hydrogen (secondary N) is 1. The number of para-hydroxylation sites is 1. The first-order valence-corrected chi connectivity index (χ1v) is 10.8. The van der Waals surface area contributed by atoms with E-state index in [1.807, 2.05) is 30.3 Å². The van der Waals surface area contributed by atoms with Crippen LogP contribution in [0.15, 0.2) is 82.4 Å². The number of anilines is 1. The van der Waals surface area contributed by atoms with Crippen LogP contribution in [0.2, 0.25) is 0 Å². The van der Waals surface area contributed by atoms with E-state index in [1.165, 1.54) is 23.4 Å². The Morgan fingerprint density at radius 3 is 2.18 bits per heavy atom. The van der Waals surface area contributed by atoms with E-state index in [0.717, 1.165) is 5.56 Å². The SMILES string of the molecule is COc1cc(NC(=O)Cn2c(=O)n(CCc3ccccc3)c(=O)c3ccccc32)cc(OC)c1. The molecule has 0 radical (unpaired) electrons. The Bertz CT molecular complexity index is 1420. The molecule has 3 aromatic carbocycles. The standard InChI is InChI=1S/C26H25N3O5/c1-33-20-14-19(15-21(16-20)34-2)27-24(30)17-29-23-11-7-6-10-22(23)25(31)28(26(29)32)13-12-18-8-4-3-5-9-18/h3-11,14-16H,12-13,17H2,1-2H3,(H,27,30). The number of aryl methyl sites for hydroxylation is 1. The summed E-state index contributed by atoms with van der Waals surface area (Å²) in [6.07, 6.45) is 0.518. The van der Waals surface area contributed by atoms with Crippen molar-refractivity contribution < 1.29 is 14.3 Å². The van der Waals surface area contributed by atoms with E-state index in [4.69, 9.17) is 9.47 Å². The molecule has 0 aliphatic carbocycles. The maximum absolute atomic E-state index is 13.3. The van der Waals surface area contributed by atoms with Crippen LogP contribution in [0.25, 0.3) is 10.9 Å². The summed E-state index contributed by atoms with van der Waals surface area (Å²) in [5, 5.41) is 3.16. The van der Waals surface area contributed by atoms with E-state index >= 15 is 0 Å². The highest BCUT2D eigenvalue weighted by Gasteiger charge is 2.16. The number of carbonyl (C=O) groups is 1. The highest BCUT2D eigenvalue weighted by molar-refractivity contribution is 5.92. The summed E-state index contributed by atoms with van der Waals surface area (Å²) in [6.45, 7) is -0.0499. The maximum Gasteiger partial charge on any atom is 0.331 e. The van der Waals surface area contributed by atoms with Crippen molar-refractivity contribution in [2.75, 3.05) is 19.5 Å². The average molecular weight is 460 g/mol. The van der Waals surface area contributed by atoms with Crippen LogP contribution >= 0.6 is 0 Å². The molecule has 0 atom stereocenters. The normalized spacial score (nSPS) is 10.8. The van der Waals surface area contributed by atoms with Gasteiger partial charge in [0.1, 0.15) is 18.0 Å². The summed E-state index contributed by atoms with van der Waals surface area (Å²) in [5.74, 6) is 0.620. The van der Waals surface area contributed by atoms with Gasteiger partial charge in [0.2, 0.25) is 5.91 Å². The highest BCUT2D eigenvalue weighted by atomic mass is 16.5. The largest absolute Gasteiger partial charge is 0.497 e. The predicted molar refractivity (Wildman–Crippen MR) is 131 cm³/mol. The van der Waals surface area contributed by atoms with Gasteiger partial charge in [0.15, 0.2) is 0 Å². The zero-order valence-electron chi connectivity index (χ0n) is 19.0. The molecule has 0 unspecified atom stereocenters. The summed E-state index contributed by atoms with van der Waals surface area (Å²) in [4.78, 5) is 39.3. The van der Waals surface area contributed by atoms with Crippen LogP contribution in [0.3, 0.4) is 0 Å². The molecule has 174 valence electrons. The van der Waals surface area contributed by atoms with E-state index < -0.39 is 11.6 Å². The second-order valence-electron chi connectivity index (χ2n) is 7.73. The Hall–Kier alpha value is -4.33. The summed E-state index contributed by atoms with van der Waals surface area (Å²) < 4.78 is 13.0. The summed E-state index contributed by atoms with van der Waals surface area (Å²) >= 11 is 0. The molecule has 34 heavy (non-hydrogen) atoms. The predicted octanol–water partition coefficient (Wildman–Crippen LogP) is 3.06. The number of ether oxygens (including phenoxy) is 2. The first-order chi connectivity index (χ1) is 16.5. The number of hydrogen-bond acceptors (Lipinski definition) is 5. The quantitative estimate of drug-likeness (QED) is 0.437. The van der Waals surface area contributed by atoms with Gasteiger partial charge in [0, 0.05) is 30.4 Å². The number of hydrogen-bond donors (Lipinski definition) is 1. The molecule has 1 N–H and O–H groups in total. The topological polar surface area (TPSA) is 91.6 Å². The fourth-order valence-corrected chi connectivity index (χ4v) is 3.83. The van der Waals surface area contributed by atoms with Gasteiger partial charge < -0.3 is 14.8 Å². The van der Waals surface area contributed by atoms with E-state index in [-0.39, 0.29) is 18.6 Å². The van der Waals surface area contributed by atoms with Gasteiger partial charge in [-0.2, -0.15) is 0 Å². The zero-order chi connectivity index (χ0) is 24.1. The van der Waals surface area contributed by atoms with Gasteiger partial charge in [-0.3, -0.25) is 18.7 Å². The van der Waals surface area contributed by atoms with Gasteiger partial charge in [0.05, 0.1) is 25.1 Å². The van der Waals surface area contributed by atoms with Crippen molar-refractivity contribution in [3.05, 3.63) is 99.2 Å². The minimum Gasteiger partial charge on any atom is -0.497 e. The molecule has 4 rings (SSSR count). The van der Waals surface area contributed by atoms with Gasteiger partial charge in [-0.1, -0.05) is 42.5 Å². The second kappa shape index (κ2) is 10.1. The minimum atomic E-state index is -0.530. The molecule has 0 saturated carbocycles. The van der Waals surface area contributed by atoms with Gasteiger partial charge in [-0.05, 0) is 24.1 Å². The van der Waals surface area contributed by atoms with Crippen molar-refractivity contribution in [2.24, 2.45) is 0 Å². The van der Waals surface area contributed by atoms with Crippen LogP contribution in [0.4, 0.5) is 5.69 Å². The third-order valence-electron chi connectivity index (χ3n) is 5.54. The van der Waals surface area contributed by atoms with Gasteiger partial charge in [0.25, 0.3) is 5.56 Å². The van der Waals surface area contributed by atoms with Crippen LogP contribution in [0.1, 0.15) is 5.56 Å². The molecule has 0 aliphatic heterocycles. The monoisotopic (exact) mass is 459 g/mol. The van der Waals surface area contributed by atoms with Crippen LogP contribution < -0.4 is 26.0 Å². The number of carbonyl (C=O) groups excluding carboxylic acids is 1. The molecular weight excluding hydrogens is 434 g/mol. The average Bonchev–Trinajstić information content (AvgIpc) is 2.86. The molecule has 0 aliphatic rings. The smallest absolute Gasteiger partial charge is 0.331 e. The van der Waals surface area contributed by atoms with E-state index in [0.29, 0.717) is 34.5 Å². The van der Waals surface area contributed by atoms with Gasteiger partial charge in [-0.15, -0.1) is 0 Å². The zero-order valence-corrected chi connectivity index (χ0v) is 19.0. The lowest BCUT2D eigenvalue weighted by Crippen LogP contribution is -2.42. The van der Waals surface area contributed by atoms with Crippen molar-refractivity contribution in [3.8, 4) is 11.5 Å². The molecule has 1 amide bonds. The molecule has 1 aromatic heterocycles. The molecule has 8 heteroatoms. The number of rotatable bonds is 8. The Balaban J connectivity index is 1.67. The Morgan fingerprint density at radius 1 is 0.853 bits per heavy atom. The van der Waals surface area contributed by atoms with Crippen molar-refractivity contribution in [1.82, 2.24) is 9.13 Å². The minimum absolute atomic E-state index is 0.210. The van der Waals surface area contributed by atoms with Crippen LogP contribution in [-0.4, -0.2) is 29.3 Å². The lowest BCUT2D eigenvalue weighted by Gasteiger charge is -2.15. The first kappa shape index (κ1) is 22.8. The lowest BCUT2D eigenvalue weighted by atomic mass is 10.1. The molecule has 0 fully saturated rings. The third kappa shape index (κ3) is 4.85. The number of methoxy groups -OCH3 is 2. The Morgan fingerprint density at radius 2 is 1.50 bits per heavy atom. The van der Waals surface area contributed by atoms with E-state index in [1.54, 1.807) is 42.5 Å². The van der Waals surface area contributed by atoms with Gasteiger partial charge in [-0.25, -0.2) is 4.79 Å². The van der Waals surface area contributed by atoms with Gasteiger partial charge >= 0.3 is 5.69 Å². The maximum atomic E-state index is 13.3. The van der Waals surface area contributed by atoms with Crippen molar-refractivity contribution in [2.45, 2.75) is 19.5 Å². The summed E-state index contributed by atoms with van der Waals surface area (Å²) in [7, 11) is 3.04. The summed E-state index contributed by atoms with van der Waals surface area (Å²) in [5.41, 5.74) is 0.990. The molecule has 0 bridgehead atoms. The summed E-state index contributed by atoms with van der Waals surface area (Å²) in [6, 6.07) is 21.4. The highest BCUT2D eigenvalue weighted by Crippen LogP contribution is 2.25. The Kier molecular flexibility index (Phi) is 6.77. The molecule has 0 spiro atoms. The van der Waals surface area contributed by atoms with Crippen LogP contribution in [0, 0.1) is 0 Å². The molecule has 1 heterocycles. The fraction of sp³-hybridized carbons (Fsp3) is 0.192. The lowest BCUT2D eigenvalue weighted by molar-refractivity contribution is -0.116. The van der Waals surface area contributed by atoms with Crippen LogP contribution in [-0.2, 0) is 24.3 Å². The second-order valence-corrected chi connectivity index (χ2v) is 7.73. The van der Waals surface area contributed by atoms with Crippen molar-refractivity contribution in [3.63, 3.8) is 0 Å². The number of aromatic nitrogens is 2. The van der Waals surface area contributed by atoms with Crippen LogP contribution in [0.5, 0.6) is 11.5 Å². The third-order valence-corrected chi connectivity index (χ3v) is 5.54. The Labute approximate surface area is 196 Å². The number of fused-ring (bicyclic) bond motifs is 1.